The van der Waals surface area contributed by atoms with Crippen molar-refractivity contribution in [3.8, 4) is 0 Å². The number of amides is 1. The number of likely N-dealkylation sites (tertiary alicyclic amines) is 1. The van der Waals surface area contributed by atoms with Crippen LogP contribution in [0.15, 0.2) is 11.6 Å². The molecule has 1 aliphatic heterocycles. The Bertz CT molecular complexity index is 382. The number of ether oxygens (including phenoxy) is 2. The van der Waals surface area contributed by atoms with Crippen LogP contribution < -0.4 is 0 Å². The minimum atomic E-state index is -0.479. The third-order valence-corrected chi connectivity index (χ3v) is 2.89. The van der Waals surface area contributed by atoms with Crippen LogP contribution in [0, 0.1) is 0 Å². The van der Waals surface area contributed by atoms with Gasteiger partial charge in [-0.15, -0.1) is 0 Å². The van der Waals surface area contributed by atoms with Gasteiger partial charge in [0.15, 0.2) is 0 Å². The van der Waals surface area contributed by atoms with Crippen molar-refractivity contribution in [3.05, 3.63) is 11.6 Å². The van der Waals surface area contributed by atoms with Crippen LogP contribution in [0.25, 0.3) is 0 Å². The predicted octanol–water partition coefficient (Wildman–Crippen LogP) is 2.90. The molecule has 0 aromatic heterocycles. The summed E-state index contributed by atoms with van der Waals surface area (Å²) in [5.74, 6) is -0.298. The Labute approximate surface area is 120 Å². The Morgan fingerprint density at radius 1 is 1.25 bits per heavy atom. The number of esters is 1. The maximum Gasteiger partial charge on any atom is 0.410 e. The van der Waals surface area contributed by atoms with Crippen LogP contribution >= 0.6 is 0 Å². The molecule has 1 fully saturated rings. The van der Waals surface area contributed by atoms with Crippen molar-refractivity contribution in [2.75, 3.05) is 19.7 Å². The Balaban J connectivity index is 2.55. The number of carbonyl (C=O) groups excluding carboxylic acids is 2. The summed E-state index contributed by atoms with van der Waals surface area (Å²) in [6.45, 7) is 8.98. The Kier molecular flexibility index (Phi) is 6.05. The van der Waals surface area contributed by atoms with Gasteiger partial charge in [-0.25, -0.2) is 9.59 Å². The highest BCUT2D eigenvalue weighted by Gasteiger charge is 2.23. The van der Waals surface area contributed by atoms with Gasteiger partial charge in [-0.3, -0.25) is 0 Å². The van der Waals surface area contributed by atoms with Gasteiger partial charge in [0.1, 0.15) is 5.60 Å². The second kappa shape index (κ2) is 7.31. The van der Waals surface area contributed by atoms with Gasteiger partial charge >= 0.3 is 12.1 Å². The number of hydrogen-bond acceptors (Lipinski definition) is 4. The highest BCUT2D eigenvalue weighted by atomic mass is 16.6. The fourth-order valence-electron chi connectivity index (χ4n) is 2.02. The smallest absolute Gasteiger partial charge is 0.410 e. The van der Waals surface area contributed by atoms with E-state index in [4.69, 9.17) is 9.47 Å². The second-order valence-electron chi connectivity index (χ2n) is 5.88. The topological polar surface area (TPSA) is 55.8 Å². The molecule has 1 saturated heterocycles. The van der Waals surface area contributed by atoms with Gasteiger partial charge < -0.3 is 14.4 Å². The highest BCUT2D eigenvalue weighted by molar-refractivity contribution is 5.82. The van der Waals surface area contributed by atoms with E-state index in [0.29, 0.717) is 26.1 Å². The molecule has 5 heteroatoms. The van der Waals surface area contributed by atoms with E-state index in [1.165, 1.54) is 0 Å². The molecule has 0 aromatic rings. The van der Waals surface area contributed by atoms with Gasteiger partial charge in [-0.1, -0.05) is 5.57 Å². The molecule has 1 amide bonds. The van der Waals surface area contributed by atoms with Crippen molar-refractivity contribution in [1.29, 1.82) is 0 Å². The van der Waals surface area contributed by atoms with Gasteiger partial charge in [0.25, 0.3) is 0 Å². The number of rotatable bonds is 2. The molecule has 0 aliphatic carbocycles. The molecular weight excluding hydrogens is 258 g/mol. The maximum absolute atomic E-state index is 12.0. The monoisotopic (exact) mass is 283 g/mol. The lowest BCUT2D eigenvalue weighted by Gasteiger charge is -2.26. The largest absolute Gasteiger partial charge is 0.463 e. The molecule has 114 valence electrons. The zero-order chi connectivity index (χ0) is 15.2. The summed E-state index contributed by atoms with van der Waals surface area (Å²) in [5.41, 5.74) is 0.557. The molecule has 0 spiro atoms. The Morgan fingerprint density at radius 3 is 2.55 bits per heavy atom. The average molecular weight is 283 g/mol. The lowest BCUT2D eigenvalue weighted by Crippen LogP contribution is -2.37. The van der Waals surface area contributed by atoms with E-state index in [9.17, 15) is 9.59 Å². The van der Waals surface area contributed by atoms with E-state index in [1.54, 1.807) is 17.9 Å². The number of hydrogen-bond donors (Lipinski definition) is 0. The van der Waals surface area contributed by atoms with Crippen molar-refractivity contribution in [2.45, 2.75) is 52.6 Å². The van der Waals surface area contributed by atoms with Gasteiger partial charge in [0, 0.05) is 19.2 Å². The first-order chi connectivity index (χ1) is 9.31. The molecule has 0 aromatic carbocycles. The zero-order valence-electron chi connectivity index (χ0n) is 12.9. The summed E-state index contributed by atoms with van der Waals surface area (Å²) < 4.78 is 10.3. The summed E-state index contributed by atoms with van der Waals surface area (Å²) in [6.07, 6.45) is 3.62. The molecule has 1 aliphatic rings. The maximum atomic E-state index is 12.0. The molecule has 0 radical (unpaired) electrons. The van der Waals surface area contributed by atoms with Gasteiger partial charge in [0.2, 0.25) is 0 Å². The number of nitrogens with zero attached hydrogens (tertiary/aromatic N) is 1. The lowest BCUT2D eigenvalue weighted by atomic mass is 10.1. The molecule has 1 rings (SSSR count). The first-order valence-corrected chi connectivity index (χ1v) is 7.16. The van der Waals surface area contributed by atoms with Crippen molar-refractivity contribution >= 4 is 12.1 Å². The standard InChI is InChI=1S/C15H25NO4/c1-5-19-13(17)11-12-7-6-9-16(10-8-12)14(18)20-15(2,3)4/h11H,5-10H2,1-4H3/b12-11+. The second-order valence-corrected chi connectivity index (χ2v) is 5.88. The van der Waals surface area contributed by atoms with Crippen molar-refractivity contribution < 1.29 is 19.1 Å². The van der Waals surface area contributed by atoms with E-state index in [0.717, 1.165) is 18.4 Å². The minimum Gasteiger partial charge on any atom is -0.463 e. The summed E-state index contributed by atoms with van der Waals surface area (Å²) >= 11 is 0. The first-order valence-electron chi connectivity index (χ1n) is 7.16. The first kappa shape index (κ1) is 16.5. The van der Waals surface area contributed by atoms with Gasteiger partial charge in [0.05, 0.1) is 6.61 Å². The molecular formula is C15H25NO4. The van der Waals surface area contributed by atoms with Crippen LogP contribution in [-0.2, 0) is 14.3 Å². The SMILES string of the molecule is CCOC(=O)/C=C1\CCCN(C(=O)OC(C)(C)C)CC1. The third kappa shape index (κ3) is 6.08. The Morgan fingerprint density at radius 2 is 1.95 bits per heavy atom. The lowest BCUT2D eigenvalue weighted by molar-refractivity contribution is -0.137. The van der Waals surface area contributed by atoms with E-state index >= 15 is 0 Å². The third-order valence-electron chi connectivity index (χ3n) is 2.89. The fraction of sp³-hybridized carbons (Fsp3) is 0.733. The van der Waals surface area contributed by atoms with Crippen LogP contribution in [0.5, 0.6) is 0 Å². The van der Waals surface area contributed by atoms with Crippen LogP contribution in [0.1, 0.15) is 47.0 Å². The molecule has 0 bridgehead atoms. The molecule has 20 heavy (non-hydrogen) atoms. The van der Waals surface area contributed by atoms with Gasteiger partial charge in [-0.2, -0.15) is 0 Å². The van der Waals surface area contributed by atoms with Crippen molar-refractivity contribution in [3.63, 3.8) is 0 Å². The van der Waals surface area contributed by atoms with Crippen LogP contribution in [0.3, 0.4) is 0 Å². The molecule has 0 saturated carbocycles. The van der Waals surface area contributed by atoms with Crippen LogP contribution in [-0.4, -0.2) is 42.3 Å². The summed E-state index contributed by atoms with van der Waals surface area (Å²) in [7, 11) is 0. The summed E-state index contributed by atoms with van der Waals surface area (Å²) in [4.78, 5) is 25.1. The fourth-order valence-corrected chi connectivity index (χ4v) is 2.02. The van der Waals surface area contributed by atoms with E-state index in [2.05, 4.69) is 0 Å². The zero-order valence-corrected chi connectivity index (χ0v) is 12.9. The highest BCUT2D eigenvalue weighted by Crippen LogP contribution is 2.19. The average Bonchev–Trinajstić information content (AvgIpc) is 2.52. The molecule has 1 heterocycles. The van der Waals surface area contributed by atoms with Crippen molar-refractivity contribution in [1.82, 2.24) is 4.90 Å². The van der Waals surface area contributed by atoms with Crippen molar-refractivity contribution in [2.24, 2.45) is 0 Å². The molecule has 0 atom stereocenters. The minimum absolute atomic E-state index is 0.283. The van der Waals surface area contributed by atoms with Crippen LogP contribution in [0.2, 0.25) is 0 Å². The van der Waals surface area contributed by atoms with Gasteiger partial charge in [-0.05, 0) is 47.0 Å². The normalized spacial score (nSPS) is 18.6. The quantitative estimate of drug-likeness (QED) is 0.577. The molecule has 0 N–H and O–H groups in total. The van der Waals surface area contributed by atoms with E-state index in [-0.39, 0.29) is 12.1 Å². The van der Waals surface area contributed by atoms with E-state index in [1.807, 2.05) is 20.8 Å². The summed E-state index contributed by atoms with van der Waals surface area (Å²) in [5, 5.41) is 0. The van der Waals surface area contributed by atoms with Crippen LogP contribution in [0.4, 0.5) is 4.79 Å². The predicted molar refractivity (Wildman–Crippen MR) is 76.4 cm³/mol. The number of carbonyl (C=O) groups is 2. The molecule has 5 nitrogen and oxygen atoms in total. The summed E-state index contributed by atoms with van der Waals surface area (Å²) in [6, 6.07) is 0. The van der Waals surface area contributed by atoms with E-state index < -0.39 is 5.60 Å². The Hall–Kier alpha value is -1.52. The molecule has 0 unspecified atom stereocenters.